The van der Waals surface area contributed by atoms with Crippen LogP contribution in [-0.2, 0) is 21.3 Å². The predicted molar refractivity (Wildman–Crippen MR) is 128 cm³/mol. The Morgan fingerprint density at radius 3 is 2.36 bits per heavy atom. The number of hydrogen-bond acceptors (Lipinski definition) is 5. The SMILES string of the molecule is COCCN(Cc1ccccc1)C(=O)c1ccc(C)c(S(=O)(=O)Nc2ccccc2OC)c1. The van der Waals surface area contributed by atoms with E-state index in [2.05, 4.69) is 4.72 Å². The van der Waals surface area contributed by atoms with Gasteiger partial charge in [-0.1, -0.05) is 48.5 Å². The first-order valence-corrected chi connectivity index (χ1v) is 11.9. The zero-order chi connectivity index (χ0) is 23.8. The van der Waals surface area contributed by atoms with Crippen molar-refractivity contribution in [1.82, 2.24) is 4.90 Å². The zero-order valence-electron chi connectivity index (χ0n) is 18.9. The van der Waals surface area contributed by atoms with Crippen LogP contribution in [0.2, 0.25) is 0 Å². The molecule has 8 heteroatoms. The van der Waals surface area contributed by atoms with E-state index in [9.17, 15) is 13.2 Å². The van der Waals surface area contributed by atoms with Crippen molar-refractivity contribution in [3.8, 4) is 5.75 Å². The van der Waals surface area contributed by atoms with Crippen LogP contribution in [0.25, 0.3) is 0 Å². The molecule has 3 aromatic rings. The molecule has 1 amide bonds. The Morgan fingerprint density at radius 2 is 1.67 bits per heavy atom. The minimum Gasteiger partial charge on any atom is -0.495 e. The lowest BCUT2D eigenvalue weighted by Gasteiger charge is -2.23. The maximum Gasteiger partial charge on any atom is 0.262 e. The van der Waals surface area contributed by atoms with Crippen molar-refractivity contribution in [2.75, 3.05) is 32.1 Å². The number of amides is 1. The van der Waals surface area contributed by atoms with Crippen molar-refractivity contribution in [3.05, 3.63) is 89.5 Å². The second-order valence-corrected chi connectivity index (χ2v) is 9.14. The highest BCUT2D eigenvalue weighted by atomic mass is 32.2. The number of aryl methyl sites for hydroxylation is 1. The number of sulfonamides is 1. The molecule has 0 fully saturated rings. The van der Waals surface area contributed by atoms with E-state index >= 15 is 0 Å². The first-order chi connectivity index (χ1) is 15.9. The van der Waals surface area contributed by atoms with E-state index in [0.29, 0.717) is 36.7 Å². The van der Waals surface area contributed by atoms with Crippen LogP contribution in [0.4, 0.5) is 5.69 Å². The van der Waals surface area contributed by atoms with Crippen LogP contribution in [0.1, 0.15) is 21.5 Å². The fourth-order valence-electron chi connectivity index (χ4n) is 3.39. The maximum atomic E-state index is 13.3. The van der Waals surface area contributed by atoms with Gasteiger partial charge in [-0.05, 0) is 42.3 Å². The van der Waals surface area contributed by atoms with Crippen LogP contribution in [0.5, 0.6) is 5.75 Å². The molecule has 0 atom stereocenters. The summed E-state index contributed by atoms with van der Waals surface area (Å²) in [7, 11) is -0.914. The quantitative estimate of drug-likeness (QED) is 0.484. The predicted octanol–water partition coefficient (Wildman–Crippen LogP) is 4.09. The third-order valence-electron chi connectivity index (χ3n) is 5.14. The molecule has 3 rings (SSSR count). The normalized spacial score (nSPS) is 11.1. The number of ether oxygens (including phenoxy) is 2. The number of hydrogen-bond donors (Lipinski definition) is 1. The van der Waals surface area contributed by atoms with Gasteiger partial charge in [0.05, 0.1) is 24.3 Å². The van der Waals surface area contributed by atoms with E-state index in [1.807, 2.05) is 30.3 Å². The van der Waals surface area contributed by atoms with Crippen molar-refractivity contribution < 1.29 is 22.7 Å². The van der Waals surface area contributed by atoms with Crippen molar-refractivity contribution in [2.24, 2.45) is 0 Å². The number of carbonyl (C=O) groups is 1. The third-order valence-corrected chi connectivity index (χ3v) is 6.65. The molecule has 0 unspecified atom stereocenters. The van der Waals surface area contributed by atoms with Crippen LogP contribution >= 0.6 is 0 Å². The summed E-state index contributed by atoms with van der Waals surface area (Å²) in [5, 5.41) is 0. The Labute approximate surface area is 195 Å². The number of nitrogens with one attached hydrogen (secondary N) is 1. The molecule has 33 heavy (non-hydrogen) atoms. The van der Waals surface area contributed by atoms with Crippen molar-refractivity contribution in [2.45, 2.75) is 18.4 Å². The van der Waals surface area contributed by atoms with Crippen LogP contribution in [0, 0.1) is 6.92 Å². The van der Waals surface area contributed by atoms with Crippen molar-refractivity contribution >= 4 is 21.6 Å². The molecule has 0 saturated heterocycles. The summed E-state index contributed by atoms with van der Waals surface area (Å²) in [6, 6.07) is 21.1. The molecule has 7 nitrogen and oxygen atoms in total. The van der Waals surface area contributed by atoms with Gasteiger partial charge in [0.15, 0.2) is 0 Å². The van der Waals surface area contributed by atoms with E-state index in [4.69, 9.17) is 9.47 Å². The summed E-state index contributed by atoms with van der Waals surface area (Å²) in [5.41, 5.74) is 2.11. The number of benzene rings is 3. The summed E-state index contributed by atoms with van der Waals surface area (Å²) >= 11 is 0. The second-order valence-electron chi connectivity index (χ2n) is 7.49. The number of anilines is 1. The van der Waals surface area contributed by atoms with E-state index in [1.54, 1.807) is 55.3 Å². The third kappa shape index (κ3) is 6.12. The van der Waals surface area contributed by atoms with Crippen LogP contribution in [0.3, 0.4) is 0 Å². The van der Waals surface area contributed by atoms with Crippen molar-refractivity contribution in [3.63, 3.8) is 0 Å². The average Bonchev–Trinajstić information content (AvgIpc) is 2.82. The Balaban J connectivity index is 1.91. The van der Waals surface area contributed by atoms with Crippen LogP contribution in [0.15, 0.2) is 77.7 Å². The van der Waals surface area contributed by atoms with Crippen LogP contribution in [-0.4, -0.2) is 46.6 Å². The number of para-hydroxylation sites is 2. The topological polar surface area (TPSA) is 84.9 Å². The lowest BCUT2D eigenvalue weighted by Crippen LogP contribution is -2.33. The smallest absolute Gasteiger partial charge is 0.262 e. The zero-order valence-corrected chi connectivity index (χ0v) is 19.8. The van der Waals surface area contributed by atoms with Gasteiger partial charge in [-0.3, -0.25) is 9.52 Å². The van der Waals surface area contributed by atoms with Gasteiger partial charge >= 0.3 is 0 Å². The number of rotatable bonds is 10. The van der Waals surface area contributed by atoms with E-state index < -0.39 is 10.0 Å². The molecule has 0 aliphatic heterocycles. The molecule has 0 spiro atoms. The molecular formula is C25H28N2O5S. The molecule has 0 radical (unpaired) electrons. The van der Waals surface area contributed by atoms with Gasteiger partial charge in [0.2, 0.25) is 0 Å². The molecule has 0 saturated carbocycles. The van der Waals surface area contributed by atoms with E-state index in [-0.39, 0.29) is 16.4 Å². The van der Waals surface area contributed by atoms with Gasteiger partial charge in [-0.25, -0.2) is 8.42 Å². The molecule has 174 valence electrons. The van der Waals surface area contributed by atoms with Gasteiger partial charge in [0.25, 0.3) is 15.9 Å². The second kappa shape index (κ2) is 11.0. The van der Waals surface area contributed by atoms with E-state index in [0.717, 1.165) is 5.56 Å². The fraction of sp³-hybridized carbons (Fsp3) is 0.240. The standard InChI is InChI=1S/C25H28N2O5S/c1-19-13-14-21(25(28)27(15-16-31-2)18-20-9-5-4-6-10-20)17-24(19)33(29,30)26-22-11-7-8-12-23(22)32-3/h4-14,17,26H,15-16,18H2,1-3H3. The first kappa shape index (κ1) is 24.3. The summed E-state index contributed by atoms with van der Waals surface area (Å²) in [4.78, 5) is 15.0. The first-order valence-electron chi connectivity index (χ1n) is 10.4. The molecule has 0 heterocycles. The van der Waals surface area contributed by atoms with Gasteiger partial charge in [0.1, 0.15) is 5.75 Å². The highest BCUT2D eigenvalue weighted by Gasteiger charge is 2.23. The summed E-state index contributed by atoms with van der Waals surface area (Å²) in [5.74, 6) is 0.129. The van der Waals surface area contributed by atoms with E-state index in [1.165, 1.54) is 13.2 Å². The molecule has 1 N–H and O–H groups in total. The molecule has 0 bridgehead atoms. The monoisotopic (exact) mass is 468 g/mol. The fourth-order valence-corrected chi connectivity index (χ4v) is 4.73. The molecule has 0 aliphatic rings. The Hall–Kier alpha value is -3.36. The molecule has 0 aliphatic carbocycles. The molecule has 3 aromatic carbocycles. The van der Waals surface area contributed by atoms with Gasteiger partial charge < -0.3 is 14.4 Å². The lowest BCUT2D eigenvalue weighted by molar-refractivity contribution is 0.0680. The minimum atomic E-state index is -3.96. The van der Waals surface area contributed by atoms with Gasteiger partial charge in [-0.2, -0.15) is 0 Å². The Kier molecular flexibility index (Phi) is 8.08. The Morgan fingerprint density at radius 1 is 0.970 bits per heavy atom. The van der Waals surface area contributed by atoms with Crippen LogP contribution < -0.4 is 9.46 Å². The highest BCUT2D eigenvalue weighted by molar-refractivity contribution is 7.92. The van der Waals surface area contributed by atoms with Gasteiger partial charge in [-0.15, -0.1) is 0 Å². The molecule has 0 aromatic heterocycles. The number of carbonyl (C=O) groups excluding carboxylic acids is 1. The number of methoxy groups -OCH3 is 2. The Bertz CT molecular complexity index is 1200. The summed E-state index contributed by atoms with van der Waals surface area (Å²) in [6.07, 6.45) is 0. The largest absolute Gasteiger partial charge is 0.495 e. The molecular weight excluding hydrogens is 440 g/mol. The van der Waals surface area contributed by atoms with Crippen molar-refractivity contribution in [1.29, 1.82) is 0 Å². The number of nitrogens with zero attached hydrogens (tertiary/aromatic N) is 1. The lowest BCUT2D eigenvalue weighted by atomic mass is 10.1. The highest BCUT2D eigenvalue weighted by Crippen LogP contribution is 2.28. The van der Waals surface area contributed by atoms with Gasteiger partial charge in [0, 0.05) is 25.8 Å². The maximum absolute atomic E-state index is 13.3. The minimum absolute atomic E-state index is 0.0330. The average molecular weight is 469 g/mol. The summed E-state index contributed by atoms with van der Waals surface area (Å²) in [6.45, 7) is 2.82. The summed E-state index contributed by atoms with van der Waals surface area (Å²) < 4.78 is 39.4.